The highest BCUT2D eigenvalue weighted by Crippen LogP contribution is 2.44. The Balaban J connectivity index is 2.10. The SMILES string of the molecule is COC(=O)CC(C)NC(=O)C1(c2cccc(Cl)c2)CCC1. The molecule has 1 amide bonds. The molecule has 0 bridgehead atoms. The van der Waals surface area contributed by atoms with E-state index in [9.17, 15) is 9.59 Å². The highest BCUT2D eigenvalue weighted by atomic mass is 35.5. The number of hydrogen-bond donors (Lipinski definition) is 1. The van der Waals surface area contributed by atoms with Crippen LogP contribution in [0, 0.1) is 0 Å². The Morgan fingerprint density at radius 2 is 2.14 bits per heavy atom. The number of carbonyl (C=O) groups excluding carboxylic acids is 2. The lowest BCUT2D eigenvalue weighted by molar-refractivity contribution is -0.141. The van der Waals surface area contributed by atoms with Crippen molar-refractivity contribution in [2.75, 3.05) is 7.11 Å². The fourth-order valence-corrected chi connectivity index (χ4v) is 2.90. The molecule has 1 N–H and O–H groups in total. The molecule has 1 aliphatic rings. The minimum absolute atomic E-state index is 0.0348. The summed E-state index contributed by atoms with van der Waals surface area (Å²) in [6, 6.07) is 7.21. The molecule has 4 nitrogen and oxygen atoms in total. The summed E-state index contributed by atoms with van der Waals surface area (Å²) in [6.07, 6.45) is 2.81. The number of methoxy groups -OCH3 is 1. The van der Waals surface area contributed by atoms with E-state index in [1.807, 2.05) is 18.2 Å². The molecule has 1 unspecified atom stereocenters. The lowest BCUT2D eigenvalue weighted by Gasteiger charge is -2.41. The lowest BCUT2D eigenvalue weighted by Crippen LogP contribution is -2.51. The summed E-state index contributed by atoms with van der Waals surface area (Å²) in [4.78, 5) is 23.9. The maximum atomic E-state index is 12.6. The van der Waals surface area contributed by atoms with Crippen molar-refractivity contribution in [3.63, 3.8) is 0 Å². The van der Waals surface area contributed by atoms with Gasteiger partial charge in [0.1, 0.15) is 0 Å². The second-order valence-corrected chi connectivity index (χ2v) is 6.04. The Morgan fingerprint density at radius 1 is 1.43 bits per heavy atom. The third-order valence-electron chi connectivity index (χ3n) is 4.10. The van der Waals surface area contributed by atoms with Crippen LogP contribution in [-0.2, 0) is 19.7 Å². The van der Waals surface area contributed by atoms with Gasteiger partial charge in [-0.1, -0.05) is 30.2 Å². The normalized spacial score (nSPS) is 17.5. The van der Waals surface area contributed by atoms with Gasteiger partial charge in [-0.05, 0) is 37.5 Å². The predicted molar refractivity (Wildman–Crippen MR) is 81.2 cm³/mol. The van der Waals surface area contributed by atoms with Crippen LogP contribution in [0.15, 0.2) is 24.3 Å². The summed E-state index contributed by atoms with van der Waals surface area (Å²) in [5, 5.41) is 3.56. The average molecular weight is 310 g/mol. The van der Waals surface area contributed by atoms with Gasteiger partial charge in [-0.15, -0.1) is 0 Å². The van der Waals surface area contributed by atoms with E-state index >= 15 is 0 Å². The number of carbonyl (C=O) groups is 2. The number of hydrogen-bond acceptors (Lipinski definition) is 3. The van der Waals surface area contributed by atoms with Crippen molar-refractivity contribution in [1.82, 2.24) is 5.32 Å². The molecule has 0 spiro atoms. The van der Waals surface area contributed by atoms with Gasteiger partial charge in [0.2, 0.25) is 5.91 Å². The molecule has 1 aromatic rings. The van der Waals surface area contributed by atoms with E-state index in [0.29, 0.717) is 5.02 Å². The Morgan fingerprint density at radius 3 is 2.67 bits per heavy atom. The summed E-state index contributed by atoms with van der Waals surface area (Å²) >= 11 is 6.04. The molecule has 1 aliphatic carbocycles. The van der Waals surface area contributed by atoms with Gasteiger partial charge in [0, 0.05) is 11.1 Å². The summed E-state index contributed by atoms with van der Waals surface area (Å²) in [6.45, 7) is 1.80. The van der Waals surface area contributed by atoms with Crippen LogP contribution in [0.1, 0.15) is 38.2 Å². The topological polar surface area (TPSA) is 55.4 Å². The molecular formula is C16H20ClNO3. The first-order valence-corrected chi connectivity index (χ1v) is 7.49. The minimum atomic E-state index is -0.505. The Labute approximate surface area is 129 Å². The summed E-state index contributed by atoms with van der Waals surface area (Å²) < 4.78 is 4.62. The number of nitrogens with one attached hydrogen (secondary N) is 1. The van der Waals surface area contributed by atoms with E-state index in [4.69, 9.17) is 11.6 Å². The molecule has 2 rings (SSSR count). The number of esters is 1. The molecule has 0 aliphatic heterocycles. The zero-order valence-electron chi connectivity index (χ0n) is 12.3. The van der Waals surface area contributed by atoms with Crippen molar-refractivity contribution in [1.29, 1.82) is 0 Å². The summed E-state index contributed by atoms with van der Waals surface area (Å²) in [5.41, 5.74) is 0.443. The molecular weight excluding hydrogens is 290 g/mol. The monoisotopic (exact) mass is 309 g/mol. The van der Waals surface area contributed by atoms with Crippen LogP contribution in [0.5, 0.6) is 0 Å². The quantitative estimate of drug-likeness (QED) is 0.851. The minimum Gasteiger partial charge on any atom is -0.469 e. The first kappa shape index (κ1) is 15.8. The maximum absolute atomic E-state index is 12.6. The van der Waals surface area contributed by atoms with Gasteiger partial charge in [0.25, 0.3) is 0 Å². The second-order valence-electron chi connectivity index (χ2n) is 5.60. The molecule has 21 heavy (non-hydrogen) atoms. The fraction of sp³-hybridized carbons (Fsp3) is 0.500. The third-order valence-corrected chi connectivity index (χ3v) is 4.33. The first-order valence-electron chi connectivity index (χ1n) is 7.12. The van der Waals surface area contributed by atoms with Gasteiger partial charge in [0.05, 0.1) is 18.9 Å². The van der Waals surface area contributed by atoms with Crippen molar-refractivity contribution >= 4 is 23.5 Å². The van der Waals surface area contributed by atoms with Crippen molar-refractivity contribution in [3.8, 4) is 0 Å². The van der Waals surface area contributed by atoms with Gasteiger partial charge < -0.3 is 10.1 Å². The Kier molecular flexibility index (Phi) is 4.88. The molecule has 1 atom stereocenters. The predicted octanol–water partition coefficient (Wildman–Crippen LogP) is 2.83. The van der Waals surface area contributed by atoms with Crippen molar-refractivity contribution in [2.24, 2.45) is 0 Å². The van der Waals surface area contributed by atoms with E-state index in [2.05, 4.69) is 10.1 Å². The zero-order chi connectivity index (χ0) is 15.5. The Bertz CT molecular complexity index is 540. The van der Waals surface area contributed by atoms with Crippen molar-refractivity contribution in [3.05, 3.63) is 34.9 Å². The highest BCUT2D eigenvalue weighted by molar-refractivity contribution is 6.30. The fourth-order valence-electron chi connectivity index (χ4n) is 2.71. The molecule has 0 radical (unpaired) electrons. The molecule has 1 aromatic carbocycles. The molecule has 0 heterocycles. The summed E-state index contributed by atoms with van der Waals surface area (Å²) in [5.74, 6) is -0.361. The molecule has 0 aromatic heterocycles. The number of benzene rings is 1. The molecule has 1 saturated carbocycles. The van der Waals surface area contributed by atoms with Crippen LogP contribution in [0.2, 0.25) is 5.02 Å². The van der Waals surface area contributed by atoms with Crippen LogP contribution >= 0.6 is 11.6 Å². The van der Waals surface area contributed by atoms with Gasteiger partial charge in [-0.3, -0.25) is 9.59 Å². The van der Waals surface area contributed by atoms with Crippen LogP contribution in [-0.4, -0.2) is 25.0 Å². The van der Waals surface area contributed by atoms with Crippen LogP contribution < -0.4 is 5.32 Å². The molecule has 1 fully saturated rings. The van der Waals surface area contributed by atoms with Crippen LogP contribution in [0.25, 0.3) is 0 Å². The smallest absolute Gasteiger partial charge is 0.307 e. The molecule has 114 valence electrons. The third kappa shape index (κ3) is 3.38. The Hall–Kier alpha value is -1.55. The second kappa shape index (κ2) is 6.48. The highest BCUT2D eigenvalue weighted by Gasteiger charge is 2.45. The van der Waals surface area contributed by atoms with E-state index < -0.39 is 5.41 Å². The zero-order valence-corrected chi connectivity index (χ0v) is 13.1. The van der Waals surface area contributed by atoms with Crippen LogP contribution in [0.4, 0.5) is 0 Å². The number of rotatable bonds is 5. The van der Waals surface area contributed by atoms with Crippen LogP contribution in [0.3, 0.4) is 0 Å². The van der Waals surface area contributed by atoms with Crippen molar-refractivity contribution in [2.45, 2.75) is 44.1 Å². The average Bonchev–Trinajstić information content (AvgIpc) is 2.37. The molecule has 0 saturated heterocycles. The number of halogens is 1. The standard InChI is InChI=1S/C16H20ClNO3/c1-11(9-14(19)21-2)18-15(20)16(7-4-8-16)12-5-3-6-13(17)10-12/h3,5-6,10-11H,4,7-9H2,1-2H3,(H,18,20). The van der Waals surface area contributed by atoms with E-state index in [1.165, 1.54) is 7.11 Å². The lowest BCUT2D eigenvalue weighted by atomic mass is 9.63. The van der Waals surface area contributed by atoms with Gasteiger partial charge in [-0.2, -0.15) is 0 Å². The first-order chi connectivity index (χ1) is 9.98. The largest absolute Gasteiger partial charge is 0.469 e. The van der Waals surface area contributed by atoms with E-state index in [1.54, 1.807) is 13.0 Å². The number of amides is 1. The van der Waals surface area contributed by atoms with Gasteiger partial charge in [0.15, 0.2) is 0 Å². The van der Waals surface area contributed by atoms with Gasteiger partial charge >= 0.3 is 5.97 Å². The number of ether oxygens (including phenoxy) is 1. The maximum Gasteiger partial charge on any atom is 0.307 e. The van der Waals surface area contributed by atoms with Crippen molar-refractivity contribution < 1.29 is 14.3 Å². The molecule has 5 heteroatoms. The summed E-state index contributed by atoms with van der Waals surface area (Å²) in [7, 11) is 1.34. The van der Waals surface area contributed by atoms with E-state index in [0.717, 1.165) is 24.8 Å². The van der Waals surface area contributed by atoms with E-state index in [-0.39, 0.29) is 24.3 Å². The van der Waals surface area contributed by atoms with Gasteiger partial charge in [-0.25, -0.2) is 0 Å².